The first-order valence-corrected chi connectivity index (χ1v) is 17.9. The van der Waals surface area contributed by atoms with Crippen molar-refractivity contribution in [2.45, 2.75) is 51.1 Å². The van der Waals surface area contributed by atoms with Gasteiger partial charge in [-0.05, 0) is 68.4 Å². The fraction of sp³-hybridized carbons (Fsp3) is 0.400. The number of allylic oxidation sites excluding steroid dienone is 2. The Labute approximate surface area is 300 Å². The number of fused-ring (bicyclic) bond motifs is 4. The van der Waals surface area contributed by atoms with E-state index in [-0.39, 0.29) is 46.5 Å². The summed E-state index contributed by atoms with van der Waals surface area (Å²) in [6.45, 7) is 4.06. The minimum absolute atomic E-state index is 0.146. The molecule has 3 saturated heterocycles. The van der Waals surface area contributed by atoms with Crippen molar-refractivity contribution < 1.29 is 33.4 Å². The Balaban J connectivity index is 1.14. The highest BCUT2D eigenvalue weighted by molar-refractivity contribution is 6.31. The van der Waals surface area contributed by atoms with Gasteiger partial charge in [-0.2, -0.15) is 0 Å². The highest BCUT2D eigenvalue weighted by Crippen LogP contribution is 2.65. The van der Waals surface area contributed by atoms with Crippen molar-refractivity contribution in [3.05, 3.63) is 100 Å². The first-order valence-electron chi connectivity index (χ1n) is 17.6. The number of hydrogen-bond donors (Lipinski definition) is 1. The molecule has 0 spiro atoms. The van der Waals surface area contributed by atoms with Crippen molar-refractivity contribution in [2.24, 2.45) is 29.1 Å². The fourth-order valence-corrected chi connectivity index (χ4v) is 9.90. The van der Waals surface area contributed by atoms with Crippen molar-refractivity contribution in [3.63, 3.8) is 0 Å². The number of carbonyl (C=O) groups is 4. The summed E-state index contributed by atoms with van der Waals surface area (Å²) in [5.41, 5.74) is 1.15. The zero-order valence-corrected chi connectivity index (χ0v) is 29.2. The number of benzene rings is 3. The lowest BCUT2D eigenvalue weighted by molar-refractivity contribution is -0.144. The van der Waals surface area contributed by atoms with Gasteiger partial charge < -0.3 is 9.84 Å². The Morgan fingerprint density at radius 2 is 1.69 bits per heavy atom. The lowest BCUT2D eigenvalue weighted by Crippen LogP contribution is -2.49. The monoisotopic (exact) mass is 711 g/mol. The van der Waals surface area contributed by atoms with Gasteiger partial charge in [0, 0.05) is 37.2 Å². The third-order valence-electron chi connectivity index (χ3n) is 12.2. The summed E-state index contributed by atoms with van der Waals surface area (Å²) in [5.74, 6) is -5.53. The van der Waals surface area contributed by atoms with Crippen molar-refractivity contribution in [1.82, 2.24) is 9.80 Å². The molecule has 3 aromatic rings. The number of imide groups is 2. The predicted molar refractivity (Wildman–Crippen MR) is 187 cm³/mol. The van der Waals surface area contributed by atoms with Crippen LogP contribution in [0, 0.1) is 34.9 Å². The predicted octanol–water partition coefficient (Wildman–Crippen LogP) is 6.09. The van der Waals surface area contributed by atoms with Gasteiger partial charge in [-0.15, -0.1) is 0 Å². The van der Waals surface area contributed by atoms with Crippen molar-refractivity contribution in [1.29, 1.82) is 0 Å². The summed E-state index contributed by atoms with van der Waals surface area (Å²) < 4.78 is 19.6. The zero-order valence-electron chi connectivity index (χ0n) is 28.4. The third-order valence-corrected chi connectivity index (χ3v) is 12.5. The summed E-state index contributed by atoms with van der Waals surface area (Å²) in [4.78, 5) is 62.6. The number of amides is 4. The second kappa shape index (κ2) is 12.6. The summed E-state index contributed by atoms with van der Waals surface area (Å²) in [6.07, 6.45) is 3.80. The smallest absolute Gasteiger partial charge is 0.241 e. The molecule has 3 aliphatic heterocycles. The van der Waals surface area contributed by atoms with Crippen molar-refractivity contribution in [2.75, 3.05) is 25.1 Å². The molecule has 6 atom stereocenters. The number of methoxy groups -OCH3 is 1. The number of phenolic OH excluding ortho intramolecular Hbond substituents is 1. The number of aromatic hydroxyl groups is 1. The minimum Gasteiger partial charge on any atom is -0.504 e. The van der Waals surface area contributed by atoms with Gasteiger partial charge in [-0.25, -0.2) is 9.29 Å². The third kappa shape index (κ3) is 5.12. The van der Waals surface area contributed by atoms with E-state index in [1.54, 1.807) is 25.1 Å². The molecule has 3 aromatic carbocycles. The normalized spacial score (nSPS) is 29.6. The molecule has 8 rings (SSSR count). The summed E-state index contributed by atoms with van der Waals surface area (Å²) in [6, 6.07) is 18.8. The fourth-order valence-electron chi connectivity index (χ4n) is 9.73. The first kappa shape index (κ1) is 33.6. The van der Waals surface area contributed by atoms with Gasteiger partial charge >= 0.3 is 0 Å². The molecule has 3 heterocycles. The van der Waals surface area contributed by atoms with Crippen LogP contribution in [0.5, 0.6) is 11.5 Å². The second-order valence-electron chi connectivity index (χ2n) is 14.7. The molecule has 0 bridgehead atoms. The Bertz CT molecular complexity index is 1980. The van der Waals surface area contributed by atoms with Gasteiger partial charge in [0.15, 0.2) is 11.5 Å². The lowest BCUT2D eigenvalue weighted by atomic mass is 9.51. The van der Waals surface area contributed by atoms with Crippen LogP contribution in [0.4, 0.5) is 10.1 Å². The number of likely N-dealkylation sites (tertiary alicyclic amines) is 2. The number of piperidine rings is 1. The molecule has 1 N–H and O–H groups in total. The van der Waals surface area contributed by atoms with E-state index < -0.39 is 52.6 Å². The zero-order chi connectivity index (χ0) is 35.8. The maximum absolute atomic E-state index is 14.6. The number of hydrogen-bond acceptors (Lipinski definition) is 7. The Morgan fingerprint density at radius 1 is 0.941 bits per heavy atom. The average Bonchev–Trinajstić information content (AvgIpc) is 3.50. The molecule has 4 amide bonds. The number of nitrogens with zero attached hydrogens (tertiary/aromatic N) is 3. The van der Waals surface area contributed by atoms with E-state index >= 15 is 0 Å². The number of halogens is 2. The standard InChI is InChI=1S/C40H39ClFN3O6/c1-40-29(37(48)45(39(40)50)24-11-14-31(42)30(41)19-24)20-28-25(34(40)27-9-6-10-32(51-2)35(27)46)12-13-26-33(28)38(49)44(36(26)47)23-15-17-43(18-16-23)21-22-7-4-3-5-8-22/h3-12,14,19,23,26,28-29,33-34,46H,13,15-18,20-21H2,1-2H3/t26-,28+,29-,33-,34+,40+/m0/s1. The number of anilines is 1. The maximum Gasteiger partial charge on any atom is 0.241 e. The highest BCUT2D eigenvalue weighted by atomic mass is 35.5. The number of phenols is 1. The van der Waals surface area contributed by atoms with Crippen LogP contribution < -0.4 is 9.64 Å². The van der Waals surface area contributed by atoms with Crippen molar-refractivity contribution in [3.8, 4) is 11.5 Å². The van der Waals surface area contributed by atoms with E-state index in [2.05, 4.69) is 17.0 Å². The van der Waals surface area contributed by atoms with E-state index in [1.807, 2.05) is 24.3 Å². The summed E-state index contributed by atoms with van der Waals surface area (Å²) in [7, 11) is 1.44. The van der Waals surface area contributed by atoms with Crippen molar-refractivity contribution >= 4 is 40.9 Å². The van der Waals surface area contributed by atoms with Crippen LogP contribution in [0.15, 0.2) is 78.4 Å². The number of ether oxygens (including phenoxy) is 1. The molecular formula is C40H39ClFN3O6. The highest BCUT2D eigenvalue weighted by Gasteiger charge is 2.68. The van der Waals surface area contributed by atoms with Crippen LogP contribution in [0.3, 0.4) is 0 Å². The second-order valence-corrected chi connectivity index (χ2v) is 15.1. The Hall–Kier alpha value is -4.54. The molecule has 5 aliphatic rings. The first-order chi connectivity index (χ1) is 24.5. The molecular weight excluding hydrogens is 673 g/mol. The summed E-state index contributed by atoms with van der Waals surface area (Å²) >= 11 is 6.11. The van der Waals surface area contributed by atoms with E-state index in [0.29, 0.717) is 24.8 Å². The van der Waals surface area contributed by atoms with Crippen LogP contribution in [0.2, 0.25) is 5.02 Å². The van der Waals surface area contributed by atoms with Gasteiger partial charge in [0.2, 0.25) is 23.6 Å². The van der Waals surface area contributed by atoms with Gasteiger partial charge in [-0.3, -0.25) is 29.0 Å². The molecule has 4 fully saturated rings. The van der Waals surface area contributed by atoms with Gasteiger partial charge in [-0.1, -0.05) is 65.7 Å². The van der Waals surface area contributed by atoms with Crippen LogP contribution in [0.25, 0.3) is 0 Å². The molecule has 0 aromatic heterocycles. The number of carbonyl (C=O) groups excluding carboxylic acids is 4. The topological polar surface area (TPSA) is 107 Å². The molecule has 264 valence electrons. The van der Waals surface area contributed by atoms with E-state index in [4.69, 9.17) is 16.3 Å². The van der Waals surface area contributed by atoms with E-state index in [0.717, 1.165) is 36.2 Å². The SMILES string of the molecule is COc1cccc([C@H]2C3=CC[C@@H]4C(=O)N(C5CCN(Cc6ccccc6)CC5)C(=O)[C@@H]4[C@@H]3C[C@H]3C(=O)N(c4ccc(F)c(Cl)c4)C(=O)[C@@]23C)c1O. The summed E-state index contributed by atoms with van der Waals surface area (Å²) in [5, 5.41) is 11.3. The number of rotatable bonds is 6. The molecule has 2 aliphatic carbocycles. The van der Waals surface area contributed by atoms with Gasteiger partial charge in [0.1, 0.15) is 5.82 Å². The Morgan fingerprint density at radius 3 is 2.39 bits per heavy atom. The van der Waals surface area contributed by atoms with Crippen LogP contribution in [-0.4, -0.2) is 64.8 Å². The Kier molecular flexibility index (Phi) is 8.30. The van der Waals surface area contributed by atoms with E-state index in [1.165, 1.54) is 29.7 Å². The van der Waals surface area contributed by atoms with Crippen LogP contribution in [-0.2, 0) is 25.7 Å². The average molecular weight is 712 g/mol. The molecule has 9 nitrogen and oxygen atoms in total. The minimum atomic E-state index is -1.38. The molecule has 1 saturated carbocycles. The molecule has 0 unspecified atom stereocenters. The molecule has 0 radical (unpaired) electrons. The van der Waals surface area contributed by atoms with E-state index in [9.17, 15) is 28.7 Å². The number of para-hydroxylation sites is 1. The van der Waals surface area contributed by atoms with Gasteiger partial charge in [0.05, 0.1) is 41.0 Å². The van der Waals surface area contributed by atoms with Crippen LogP contribution >= 0.6 is 11.6 Å². The van der Waals surface area contributed by atoms with Crippen LogP contribution in [0.1, 0.15) is 49.7 Å². The lowest BCUT2D eigenvalue weighted by Gasteiger charge is -2.49. The molecule has 11 heteroatoms. The maximum atomic E-state index is 14.6. The quantitative estimate of drug-likeness (QED) is 0.244. The van der Waals surface area contributed by atoms with Gasteiger partial charge in [0.25, 0.3) is 0 Å². The largest absolute Gasteiger partial charge is 0.504 e. The molecule has 51 heavy (non-hydrogen) atoms.